The molecular weight excluding hydrogens is 260 g/mol. The quantitative estimate of drug-likeness (QED) is 0.578. The number of para-hydroxylation sites is 2. The first-order chi connectivity index (χ1) is 10.3. The van der Waals surface area contributed by atoms with Crippen LogP contribution in [0.4, 0.5) is 0 Å². The molecule has 0 atom stereocenters. The number of allylic oxidation sites excluding steroid dienone is 1. The summed E-state index contributed by atoms with van der Waals surface area (Å²) < 4.78 is 0. The smallest absolute Gasteiger partial charge is 0.185 e. The molecule has 0 aliphatic rings. The Hall–Kier alpha value is -2.68. The molecule has 0 fully saturated rings. The van der Waals surface area contributed by atoms with Gasteiger partial charge in [-0.3, -0.25) is 4.79 Å². The second kappa shape index (κ2) is 5.75. The second-order valence-electron chi connectivity index (χ2n) is 4.89. The van der Waals surface area contributed by atoms with E-state index in [-0.39, 0.29) is 5.78 Å². The Morgan fingerprint density at radius 2 is 1.90 bits per heavy atom. The van der Waals surface area contributed by atoms with Crippen LogP contribution >= 0.6 is 0 Å². The number of nitrogens with one attached hydrogen (secondary N) is 1. The van der Waals surface area contributed by atoms with Crippen molar-refractivity contribution in [2.24, 2.45) is 0 Å². The fourth-order valence-corrected chi connectivity index (χ4v) is 2.21. The average Bonchev–Trinajstić information content (AvgIpc) is 2.95. The number of carbonyl (C=O) groups is 1. The molecule has 1 aromatic heterocycles. The highest BCUT2D eigenvalue weighted by molar-refractivity contribution is 6.06. The van der Waals surface area contributed by atoms with Crippen molar-refractivity contribution < 1.29 is 4.79 Å². The van der Waals surface area contributed by atoms with Gasteiger partial charge in [0.15, 0.2) is 5.78 Å². The van der Waals surface area contributed by atoms with E-state index in [9.17, 15) is 4.79 Å². The number of aromatic amines is 1. The number of benzene rings is 2. The molecule has 2 aromatic carbocycles. The Morgan fingerprint density at radius 1 is 1.14 bits per heavy atom. The van der Waals surface area contributed by atoms with Crippen molar-refractivity contribution >= 4 is 22.9 Å². The van der Waals surface area contributed by atoms with Gasteiger partial charge in [-0.25, -0.2) is 4.98 Å². The summed E-state index contributed by atoms with van der Waals surface area (Å²) in [7, 11) is 0. The maximum atomic E-state index is 12.1. The SMILES string of the molecule is CCc1ccc(C(=O)/C=C/c2nc3ccccc3[nH]2)cc1. The minimum absolute atomic E-state index is 0.0156. The van der Waals surface area contributed by atoms with Crippen LogP contribution in [0, 0.1) is 0 Å². The highest BCUT2D eigenvalue weighted by atomic mass is 16.1. The molecule has 3 nitrogen and oxygen atoms in total. The number of hydrogen-bond acceptors (Lipinski definition) is 2. The number of nitrogens with zero attached hydrogens (tertiary/aromatic N) is 1. The van der Waals surface area contributed by atoms with Crippen LogP contribution in [0.25, 0.3) is 17.1 Å². The van der Waals surface area contributed by atoms with Crippen LogP contribution < -0.4 is 0 Å². The van der Waals surface area contributed by atoms with Crippen LogP contribution in [0.1, 0.15) is 28.7 Å². The fraction of sp³-hybridized carbons (Fsp3) is 0.111. The zero-order chi connectivity index (χ0) is 14.7. The standard InChI is InChI=1S/C18H16N2O/c1-2-13-7-9-14(10-8-13)17(21)11-12-18-19-15-5-3-4-6-16(15)20-18/h3-12H,2H2,1H3,(H,19,20)/b12-11+. The predicted molar refractivity (Wildman–Crippen MR) is 85.3 cm³/mol. The summed E-state index contributed by atoms with van der Waals surface area (Å²) in [4.78, 5) is 19.7. The maximum Gasteiger partial charge on any atom is 0.185 e. The molecule has 21 heavy (non-hydrogen) atoms. The lowest BCUT2D eigenvalue weighted by atomic mass is 10.1. The van der Waals surface area contributed by atoms with E-state index in [1.165, 1.54) is 5.56 Å². The number of ketones is 1. The number of aromatic nitrogens is 2. The number of hydrogen-bond donors (Lipinski definition) is 1. The summed E-state index contributed by atoms with van der Waals surface area (Å²) in [6.07, 6.45) is 4.25. The van der Waals surface area contributed by atoms with Crippen LogP contribution in [0.5, 0.6) is 0 Å². The van der Waals surface area contributed by atoms with Crippen molar-refractivity contribution in [2.45, 2.75) is 13.3 Å². The number of H-pyrrole nitrogens is 1. The summed E-state index contributed by atoms with van der Waals surface area (Å²) >= 11 is 0. The van der Waals surface area contributed by atoms with Crippen molar-refractivity contribution in [1.82, 2.24) is 9.97 Å². The molecule has 0 aliphatic heterocycles. The summed E-state index contributed by atoms with van der Waals surface area (Å²) in [6.45, 7) is 2.10. The summed E-state index contributed by atoms with van der Waals surface area (Å²) in [5, 5.41) is 0. The maximum absolute atomic E-state index is 12.1. The molecule has 0 unspecified atom stereocenters. The molecule has 0 bridgehead atoms. The molecule has 1 heterocycles. The molecule has 3 heteroatoms. The Kier molecular flexibility index (Phi) is 3.65. The lowest BCUT2D eigenvalue weighted by molar-refractivity contribution is 0.104. The van der Waals surface area contributed by atoms with Crippen LogP contribution in [0.2, 0.25) is 0 Å². The van der Waals surface area contributed by atoms with Gasteiger partial charge >= 0.3 is 0 Å². The molecule has 0 saturated carbocycles. The van der Waals surface area contributed by atoms with E-state index in [1.54, 1.807) is 12.2 Å². The van der Waals surface area contributed by atoms with E-state index in [1.807, 2.05) is 48.5 Å². The van der Waals surface area contributed by atoms with E-state index in [0.717, 1.165) is 17.5 Å². The van der Waals surface area contributed by atoms with E-state index in [2.05, 4.69) is 16.9 Å². The zero-order valence-corrected chi connectivity index (χ0v) is 11.8. The number of rotatable bonds is 4. The number of aryl methyl sites for hydroxylation is 1. The molecule has 104 valence electrons. The Bertz CT molecular complexity index is 764. The van der Waals surface area contributed by atoms with E-state index >= 15 is 0 Å². The lowest BCUT2D eigenvalue weighted by Crippen LogP contribution is -1.94. The molecule has 0 aliphatic carbocycles. The van der Waals surface area contributed by atoms with Crippen molar-refractivity contribution in [1.29, 1.82) is 0 Å². The lowest BCUT2D eigenvalue weighted by Gasteiger charge is -1.98. The van der Waals surface area contributed by atoms with Crippen molar-refractivity contribution in [3.05, 3.63) is 71.6 Å². The Morgan fingerprint density at radius 3 is 2.62 bits per heavy atom. The summed E-state index contributed by atoms with van der Waals surface area (Å²) in [5.41, 5.74) is 3.79. The molecule has 0 amide bonds. The first kappa shape index (κ1) is 13.3. The van der Waals surface area contributed by atoms with Gasteiger partial charge in [0.2, 0.25) is 0 Å². The molecule has 0 spiro atoms. The highest BCUT2D eigenvalue weighted by Gasteiger charge is 2.03. The minimum atomic E-state index is -0.0156. The van der Waals surface area contributed by atoms with Gasteiger partial charge in [0.05, 0.1) is 11.0 Å². The van der Waals surface area contributed by atoms with Gasteiger partial charge in [-0.1, -0.05) is 43.3 Å². The fourth-order valence-electron chi connectivity index (χ4n) is 2.21. The normalized spacial score (nSPS) is 11.3. The first-order valence-corrected chi connectivity index (χ1v) is 7.02. The van der Waals surface area contributed by atoms with Crippen molar-refractivity contribution in [3.8, 4) is 0 Å². The number of fused-ring (bicyclic) bond motifs is 1. The van der Waals surface area contributed by atoms with Gasteiger partial charge in [0, 0.05) is 5.56 Å². The van der Waals surface area contributed by atoms with Crippen molar-refractivity contribution in [2.75, 3.05) is 0 Å². The summed E-state index contributed by atoms with van der Waals surface area (Å²) in [5.74, 6) is 0.674. The third-order valence-electron chi connectivity index (χ3n) is 3.45. The predicted octanol–water partition coefficient (Wildman–Crippen LogP) is 4.02. The van der Waals surface area contributed by atoms with E-state index in [4.69, 9.17) is 0 Å². The monoisotopic (exact) mass is 276 g/mol. The van der Waals surface area contributed by atoms with Crippen molar-refractivity contribution in [3.63, 3.8) is 0 Å². The highest BCUT2D eigenvalue weighted by Crippen LogP contribution is 2.12. The average molecular weight is 276 g/mol. The second-order valence-corrected chi connectivity index (χ2v) is 4.89. The van der Waals surface area contributed by atoms with Gasteiger partial charge in [0.1, 0.15) is 5.82 Å². The van der Waals surface area contributed by atoms with Crippen LogP contribution in [0.3, 0.4) is 0 Å². The molecule has 1 N–H and O–H groups in total. The Labute approximate surface area is 123 Å². The number of imidazole rings is 1. The van der Waals surface area contributed by atoms with E-state index in [0.29, 0.717) is 11.4 Å². The first-order valence-electron chi connectivity index (χ1n) is 7.02. The van der Waals surface area contributed by atoms with Crippen LogP contribution in [0.15, 0.2) is 54.6 Å². The van der Waals surface area contributed by atoms with Crippen LogP contribution in [-0.2, 0) is 6.42 Å². The van der Waals surface area contributed by atoms with Crippen LogP contribution in [-0.4, -0.2) is 15.8 Å². The van der Waals surface area contributed by atoms with E-state index < -0.39 is 0 Å². The number of carbonyl (C=O) groups excluding carboxylic acids is 1. The zero-order valence-electron chi connectivity index (χ0n) is 11.8. The van der Waals surface area contributed by atoms with Gasteiger partial charge in [-0.2, -0.15) is 0 Å². The molecule has 3 rings (SSSR count). The van der Waals surface area contributed by atoms with Gasteiger partial charge < -0.3 is 4.98 Å². The molecule has 3 aromatic rings. The topological polar surface area (TPSA) is 45.8 Å². The van der Waals surface area contributed by atoms with Gasteiger partial charge in [0.25, 0.3) is 0 Å². The molecular formula is C18H16N2O. The van der Waals surface area contributed by atoms with Gasteiger partial charge in [-0.15, -0.1) is 0 Å². The molecule has 0 saturated heterocycles. The molecule has 0 radical (unpaired) electrons. The minimum Gasteiger partial charge on any atom is -0.338 e. The summed E-state index contributed by atoms with van der Waals surface area (Å²) in [6, 6.07) is 15.5. The largest absolute Gasteiger partial charge is 0.338 e. The van der Waals surface area contributed by atoms with Gasteiger partial charge in [-0.05, 0) is 36.3 Å². The third kappa shape index (κ3) is 2.92. The third-order valence-corrected chi connectivity index (χ3v) is 3.45. The Balaban J connectivity index is 1.79.